The van der Waals surface area contributed by atoms with Crippen LogP contribution in [-0.4, -0.2) is 19.7 Å². The molecule has 20 heavy (non-hydrogen) atoms. The van der Waals surface area contributed by atoms with E-state index < -0.39 is 0 Å². The van der Waals surface area contributed by atoms with Crippen LogP contribution in [0.15, 0.2) is 27.1 Å². The molecular formula is C12H13N5OS2. The maximum atomic E-state index is 5.70. The first kappa shape index (κ1) is 13.2. The van der Waals surface area contributed by atoms with Crippen molar-refractivity contribution >= 4 is 29.0 Å². The second kappa shape index (κ2) is 5.29. The predicted molar refractivity (Wildman–Crippen MR) is 79.5 cm³/mol. The molecule has 3 aromatic rings. The van der Waals surface area contributed by atoms with Crippen LogP contribution < -0.4 is 5.73 Å². The van der Waals surface area contributed by atoms with Crippen molar-refractivity contribution in [3.8, 4) is 10.8 Å². The molecule has 0 radical (unpaired) electrons. The first-order valence-corrected chi connectivity index (χ1v) is 7.79. The van der Waals surface area contributed by atoms with E-state index in [4.69, 9.17) is 10.2 Å². The summed E-state index contributed by atoms with van der Waals surface area (Å²) in [5.74, 6) is 2.58. The van der Waals surface area contributed by atoms with E-state index in [9.17, 15) is 0 Å². The number of aromatic nitrogens is 4. The number of nitrogens with zero attached hydrogens (tertiary/aromatic N) is 4. The number of hydrogen-bond acceptors (Lipinski definition) is 7. The zero-order valence-electron chi connectivity index (χ0n) is 11.0. The number of aryl methyl sites for hydroxylation is 1. The van der Waals surface area contributed by atoms with Gasteiger partial charge in [-0.15, -0.1) is 21.5 Å². The second-order valence-electron chi connectivity index (χ2n) is 4.19. The molecule has 3 heterocycles. The van der Waals surface area contributed by atoms with E-state index in [0.717, 1.165) is 21.5 Å². The minimum absolute atomic E-state index is 0.406. The average Bonchev–Trinajstić information content (AvgIpc) is 3.12. The summed E-state index contributed by atoms with van der Waals surface area (Å²) in [5, 5.41) is 10.6. The van der Waals surface area contributed by atoms with Crippen LogP contribution in [0.3, 0.4) is 0 Å². The van der Waals surface area contributed by atoms with Crippen LogP contribution in [0.1, 0.15) is 11.5 Å². The van der Waals surface area contributed by atoms with Crippen LogP contribution in [0.5, 0.6) is 0 Å². The standard InChI is InChI=1S/C12H13N5OS2/c1-7-8(6-20-12-16-15-11(13)17(12)2)14-10(18-7)9-4-3-5-19-9/h3-5H,6H2,1-2H3,(H2,13,15). The van der Waals surface area contributed by atoms with Crippen molar-refractivity contribution in [2.75, 3.05) is 5.73 Å². The SMILES string of the molecule is Cc1oc(-c2cccs2)nc1CSc1nnc(N)n1C. The van der Waals surface area contributed by atoms with Gasteiger partial charge in [0.25, 0.3) is 0 Å². The summed E-state index contributed by atoms with van der Waals surface area (Å²) in [5.41, 5.74) is 6.57. The van der Waals surface area contributed by atoms with Crippen LogP contribution in [0.4, 0.5) is 5.95 Å². The highest BCUT2D eigenvalue weighted by atomic mass is 32.2. The van der Waals surface area contributed by atoms with Crippen molar-refractivity contribution in [2.24, 2.45) is 7.05 Å². The molecule has 0 saturated carbocycles. The quantitative estimate of drug-likeness (QED) is 0.746. The minimum atomic E-state index is 0.406. The third-order valence-electron chi connectivity index (χ3n) is 2.83. The van der Waals surface area contributed by atoms with Crippen molar-refractivity contribution < 1.29 is 4.42 Å². The molecule has 0 spiro atoms. The molecule has 3 aromatic heterocycles. The number of thiophene rings is 1. The zero-order valence-corrected chi connectivity index (χ0v) is 12.7. The monoisotopic (exact) mass is 307 g/mol. The number of hydrogen-bond donors (Lipinski definition) is 1. The molecule has 0 unspecified atom stereocenters. The molecule has 0 aliphatic heterocycles. The first-order chi connectivity index (χ1) is 9.65. The fourth-order valence-corrected chi connectivity index (χ4v) is 3.22. The van der Waals surface area contributed by atoms with Crippen molar-refractivity contribution in [3.63, 3.8) is 0 Å². The Morgan fingerprint density at radius 1 is 1.45 bits per heavy atom. The second-order valence-corrected chi connectivity index (χ2v) is 6.08. The summed E-state index contributed by atoms with van der Waals surface area (Å²) >= 11 is 3.15. The third-order valence-corrected chi connectivity index (χ3v) is 4.72. The van der Waals surface area contributed by atoms with Gasteiger partial charge in [0.2, 0.25) is 11.8 Å². The van der Waals surface area contributed by atoms with E-state index >= 15 is 0 Å². The highest BCUT2D eigenvalue weighted by Gasteiger charge is 2.14. The fourth-order valence-electron chi connectivity index (χ4n) is 1.65. The molecule has 0 aliphatic rings. The van der Waals surface area contributed by atoms with E-state index in [0.29, 0.717) is 17.6 Å². The molecule has 0 aliphatic carbocycles. The summed E-state index contributed by atoms with van der Waals surface area (Å²) < 4.78 is 7.45. The van der Waals surface area contributed by atoms with Crippen molar-refractivity contribution in [3.05, 3.63) is 29.0 Å². The van der Waals surface area contributed by atoms with Gasteiger partial charge in [-0.2, -0.15) is 0 Å². The largest absolute Gasteiger partial charge is 0.440 e. The highest BCUT2D eigenvalue weighted by Crippen LogP contribution is 2.29. The average molecular weight is 307 g/mol. The van der Waals surface area contributed by atoms with Gasteiger partial charge >= 0.3 is 0 Å². The van der Waals surface area contributed by atoms with E-state index in [1.54, 1.807) is 15.9 Å². The number of oxazole rings is 1. The Labute approximate surface area is 124 Å². The van der Waals surface area contributed by atoms with Crippen LogP contribution >= 0.6 is 23.1 Å². The maximum Gasteiger partial charge on any atom is 0.236 e. The van der Waals surface area contributed by atoms with Gasteiger partial charge in [-0.3, -0.25) is 4.57 Å². The van der Waals surface area contributed by atoms with Gasteiger partial charge in [-0.05, 0) is 18.4 Å². The topological polar surface area (TPSA) is 82.8 Å². The molecule has 0 saturated heterocycles. The zero-order chi connectivity index (χ0) is 14.1. The summed E-state index contributed by atoms with van der Waals surface area (Å²) in [4.78, 5) is 5.57. The molecule has 0 bridgehead atoms. The Morgan fingerprint density at radius 2 is 2.30 bits per heavy atom. The number of thioether (sulfide) groups is 1. The summed E-state index contributed by atoms with van der Waals surface area (Å²) in [6.07, 6.45) is 0. The van der Waals surface area contributed by atoms with Gasteiger partial charge in [0.05, 0.1) is 10.6 Å². The number of rotatable bonds is 4. The molecule has 3 rings (SSSR count). The molecule has 0 fully saturated rings. The summed E-state index contributed by atoms with van der Waals surface area (Å²) in [6, 6.07) is 3.98. The Morgan fingerprint density at radius 3 is 2.95 bits per heavy atom. The van der Waals surface area contributed by atoms with Gasteiger partial charge in [0, 0.05) is 12.8 Å². The number of anilines is 1. The van der Waals surface area contributed by atoms with Crippen molar-refractivity contribution in [2.45, 2.75) is 17.8 Å². The van der Waals surface area contributed by atoms with E-state index in [-0.39, 0.29) is 0 Å². The third kappa shape index (κ3) is 2.44. The Kier molecular flexibility index (Phi) is 3.49. The van der Waals surface area contributed by atoms with E-state index in [1.165, 1.54) is 11.8 Å². The number of nitrogens with two attached hydrogens (primary N) is 1. The fraction of sp³-hybridized carbons (Fsp3) is 0.250. The molecular weight excluding hydrogens is 294 g/mol. The van der Waals surface area contributed by atoms with Crippen LogP contribution in [0.25, 0.3) is 10.8 Å². The van der Waals surface area contributed by atoms with Gasteiger partial charge < -0.3 is 10.2 Å². The van der Waals surface area contributed by atoms with Crippen LogP contribution in [0.2, 0.25) is 0 Å². The number of nitrogen functional groups attached to an aromatic ring is 1. The highest BCUT2D eigenvalue weighted by molar-refractivity contribution is 7.98. The normalized spacial score (nSPS) is 11.1. The summed E-state index contributed by atoms with van der Waals surface area (Å²) in [6.45, 7) is 1.92. The van der Waals surface area contributed by atoms with Gasteiger partial charge in [-0.1, -0.05) is 17.8 Å². The molecule has 104 valence electrons. The van der Waals surface area contributed by atoms with Gasteiger partial charge in [0.15, 0.2) is 5.16 Å². The summed E-state index contributed by atoms with van der Waals surface area (Å²) in [7, 11) is 1.84. The lowest BCUT2D eigenvalue weighted by molar-refractivity contribution is 0.542. The van der Waals surface area contributed by atoms with Gasteiger partial charge in [-0.25, -0.2) is 4.98 Å². The lowest BCUT2D eigenvalue weighted by Crippen LogP contribution is -1.98. The molecule has 0 amide bonds. The van der Waals surface area contributed by atoms with Crippen LogP contribution in [0, 0.1) is 6.92 Å². The molecule has 8 heteroatoms. The van der Waals surface area contributed by atoms with Crippen molar-refractivity contribution in [1.82, 2.24) is 19.7 Å². The van der Waals surface area contributed by atoms with E-state index in [1.807, 2.05) is 31.5 Å². The molecule has 0 atom stereocenters. The maximum absolute atomic E-state index is 5.70. The Hall–Kier alpha value is -1.80. The van der Waals surface area contributed by atoms with Gasteiger partial charge in [0.1, 0.15) is 5.76 Å². The van der Waals surface area contributed by atoms with Crippen molar-refractivity contribution in [1.29, 1.82) is 0 Å². The minimum Gasteiger partial charge on any atom is -0.440 e. The first-order valence-electron chi connectivity index (χ1n) is 5.93. The lowest BCUT2D eigenvalue weighted by Gasteiger charge is -1.99. The molecule has 2 N–H and O–H groups in total. The molecule has 0 aromatic carbocycles. The lowest BCUT2D eigenvalue weighted by atomic mass is 10.4. The Bertz CT molecular complexity index is 716. The Balaban J connectivity index is 1.77. The predicted octanol–water partition coefficient (Wildman–Crippen LogP) is 2.71. The van der Waals surface area contributed by atoms with Crippen LogP contribution in [-0.2, 0) is 12.8 Å². The van der Waals surface area contributed by atoms with E-state index in [2.05, 4.69) is 15.2 Å². The molecule has 6 nitrogen and oxygen atoms in total. The smallest absolute Gasteiger partial charge is 0.236 e.